The lowest BCUT2D eigenvalue weighted by molar-refractivity contribution is -0.137. The third kappa shape index (κ3) is 3.44. The topological polar surface area (TPSA) is 59.2 Å². The monoisotopic (exact) mass is 316 g/mol. The fourth-order valence-electron chi connectivity index (χ4n) is 3.03. The second-order valence-corrected chi connectivity index (χ2v) is 5.97. The number of amides is 1. The predicted molar refractivity (Wildman–Crippen MR) is 86.6 cm³/mol. The summed E-state index contributed by atoms with van der Waals surface area (Å²) >= 11 is 0. The molecule has 0 aliphatic carbocycles. The third-order valence-corrected chi connectivity index (χ3v) is 4.49. The first-order valence-corrected chi connectivity index (χ1v) is 8.15. The Balaban J connectivity index is 1.56. The Bertz CT molecular complexity index is 627. The summed E-state index contributed by atoms with van der Waals surface area (Å²) < 4.78 is 3.81. The molecule has 0 aromatic carbocycles. The largest absolute Gasteiger partial charge is 0.338 e. The molecule has 1 amide bonds. The molecule has 7 heteroatoms. The van der Waals surface area contributed by atoms with Crippen LogP contribution in [0.2, 0.25) is 0 Å². The fourth-order valence-corrected chi connectivity index (χ4v) is 3.03. The lowest BCUT2D eigenvalue weighted by atomic mass is 10.2. The molecule has 7 nitrogen and oxygen atoms in total. The van der Waals surface area contributed by atoms with E-state index in [0.717, 1.165) is 45.0 Å². The van der Waals surface area contributed by atoms with E-state index in [9.17, 15) is 4.79 Å². The number of rotatable bonds is 5. The molecule has 1 atom stereocenters. The van der Waals surface area contributed by atoms with Crippen LogP contribution in [0.5, 0.6) is 0 Å². The maximum Gasteiger partial charge on any atom is 0.247 e. The molecular formula is C16H24N6O. The minimum atomic E-state index is -0.189. The van der Waals surface area contributed by atoms with Crippen molar-refractivity contribution >= 4 is 5.91 Å². The molecule has 3 heterocycles. The zero-order valence-electron chi connectivity index (χ0n) is 13.8. The maximum atomic E-state index is 12.7. The highest BCUT2D eigenvalue weighted by Crippen LogP contribution is 2.16. The number of piperazine rings is 1. The van der Waals surface area contributed by atoms with Gasteiger partial charge < -0.3 is 9.47 Å². The van der Waals surface area contributed by atoms with Gasteiger partial charge in [-0.1, -0.05) is 6.92 Å². The molecule has 1 fully saturated rings. The Morgan fingerprint density at radius 3 is 2.57 bits per heavy atom. The lowest BCUT2D eigenvalue weighted by Gasteiger charge is -2.36. The molecule has 124 valence electrons. The summed E-state index contributed by atoms with van der Waals surface area (Å²) in [5.41, 5.74) is 0. The molecule has 0 N–H and O–H groups in total. The van der Waals surface area contributed by atoms with Crippen LogP contribution in [0, 0.1) is 0 Å². The zero-order valence-corrected chi connectivity index (χ0v) is 13.8. The van der Waals surface area contributed by atoms with Crippen molar-refractivity contribution in [2.75, 3.05) is 26.2 Å². The second kappa shape index (κ2) is 6.95. The molecule has 1 unspecified atom stereocenters. The molecule has 1 saturated heterocycles. The number of carbonyl (C=O) groups excluding carboxylic acids is 1. The van der Waals surface area contributed by atoms with Crippen LogP contribution in [0.1, 0.15) is 25.2 Å². The van der Waals surface area contributed by atoms with E-state index in [1.807, 2.05) is 48.1 Å². The van der Waals surface area contributed by atoms with Crippen LogP contribution in [0.25, 0.3) is 0 Å². The van der Waals surface area contributed by atoms with E-state index in [1.54, 1.807) is 10.9 Å². The first-order valence-electron chi connectivity index (χ1n) is 8.15. The molecule has 23 heavy (non-hydrogen) atoms. The summed E-state index contributed by atoms with van der Waals surface area (Å²) in [6, 6.07) is 1.67. The van der Waals surface area contributed by atoms with Gasteiger partial charge in [0.05, 0.1) is 6.54 Å². The van der Waals surface area contributed by atoms with Gasteiger partial charge in [-0.25, -0.2) is 4.98 Å². The van der Waals surface area contributed by atoms with Crippen molar-refractivity contribution < 1.29 is 4.79 Å². The Hall–Kier alpha value is -2.15. The molecule has 0 bridgehead atoms. The number of imidazole rings is 1. The normalized spacial score (nSPS) is 17.4. The van der Waals surface area contributed by atoms with Crippen molar-refractivity contribution in [1.29, 1.82) is 0 Å². The quantitative estimate of drug-likeness (QED) is 0.823. The molecule has 3 rings (SSSR count). The fraction of sp³-hybridized carbons (Fsp3) is 0.562. The van der Waals surface area contributed by atoms with E-state index >= 15 is 0 Å². The SMILES string of the molecule is CCC(C(=O)N1CCN(Cc2nccn2C)CC1)n1cccn1. The highest BCUT2D eigenvalue weighted by Gasteiger charge is 2.28. The van der Waals surface area contributed by atoms with Gasteiger partial charge in [0, 0.05) is 58.0 Å². The summed E-state index contributed by atoms with van der Waals surface area (Å²) in [4.78, 5) is 21.4. The number of hydrogen-bond donors (Lipinski definition) is 0. The van der Waals surface area contributed by atoms with Crippen LogP contribution in [0.3, 0.4) is 0 Å². The zero-order chi connectivity index (χ0) is 16.2. The summed E-state index contributed by atoms with van der Waals surface area (Å²) in [5.74, 6) is 1.24. The van der Waals surface area contributed by atoms with E-state index < -0.39 is 0 Å². The minimum absolute atomic E-state index is 0.174. The average molecular weight is 316 g/mol. The first kappa shape index (κ1) is 15.7. The number of nitrogens with zero attached hydrogens (tertiary/aromatic N) is 6. The van der Waals surface area contributed by atoms with Crippen molar-refractivity contribution in [3.63, 3.8) is 0 Å². The molecule has 0 saturated carbocycles. The van der Waals surface area contributed by atoms with Gasteiger partial charge in [0.25, 0.3) is 0 Å². The van der Waals surface area contributed by atoms with Gasteiger partial charge >= 0.3 is 0 Å². The molecule has 0 radical (unpaired) electrons. The smallest absolute Gasteiger partial charge is 0.247 e. The van der Waals surface area contributed by atoms with Crippen molar-refractivity contribution in [3.8, 4) is 0 Å². The minimum Gasteiger partial charge on any atom is -0.338 e. The van der Waals surface area contributed by atoms with E-state index in [-0.39, 0.29) is 11.9 Å². The van der Waals surface area contributed by atoms with Crippen molar-refractivity contribution in [3.05, 3.63) is 36.7 Å². The van der Waals surface area contributed by atoms with Crippen LogP contribution in [-0.2, 0) is 18.4 Å². The van der Waals surface area contributed by atoms with E-state index in [2.05, 4.69) is 15.0 Å². The molecule has 2 aromatic heterocycles. The van der Waals surface area contributed by atoms with Crippen LogP contribution in [0.4, 0.5) is 0 Å². The second-order valence-electron chi connectivity index (χ2n) is 5.97. The average Bonchev–Trinajstić information content (AvgIpc) is 3.22. The number of carbonyl (C=O) groups is 1. The van der Waals surface area contributed by atoms with Crippen LogP contribution in [-0.4, -0.2) is 61.2 Å². The molecule has 1 aliphatic heterocycles. The number of hydrogen-bond acceptors (Lipinski definition) is 4. The van der Waals surface area contributed by atoms with Crippen LogP contribution < -0.4 is 0 Å². The van der Waals surface area contributed by atoms with Crippen molar-refractivity contribution in [2.24, 2.45) is 7.05 Å². The van der Waals surface area contributed by atoms with Gasteiger partial charge in [-0.2, -0.15) is 5.10 Å². The lowest BCUT2D eigenvalue weighted by Crippen LogP contribution is -2.50. The van der Waals surface area contributed by atoms with Crippen LogP contribution >= 0.6 is 0 Å². The summed E-state index contributed by atoms with van der Waals surface area (Å²) in [6.07, 6.45) is 8.13. The van der Waals surface area contributed by atoms with Gasteiger partial charge in [0.1, 0.15) is 11.9 Å². The summed E-state index contributed by atoms with van der Waals surface area (Å²) in [5, 5.41) is 4.23. The first-order chi connectivity index (χ1) is 11.2. The van der Waals surface area contributed by atoms with Crippen molar-refractivity contribution in [1.82, 2.24) is 29.1 Å². The highest BCUT2D eigenvalue weighted by molar-refractivity contribution is 5.80. The van der Waals surface area contributed by atoms with Gasteiger partial charge in [0.15, 0.2) is 0 Å². The summed E-state index contributed by atoms with van der Waals surface area (Å²) in [7, 11) is 2.01. The Labute approximate surface area is 136 Å². The molecule has 0 spiro atoms. The van der Waals surface area contributed by atoms with Gasteiger partial charge in [-0.05, 0) is 12.5 Å². The van der Waals surface area contributed by atoms with Crippen molar-refractivity contribution in [2.45, 2.75) is 25.9 Å². The van der Waals surface area contributed by atoms with E-state index in [1.165, 1.54) is 0 Å². The molecule has 1 aliphatic rings. The predicted octanol–water partition coefficient (Wildman–Crippen LogP) is 0.912. The van der Waals surface area contributed by atoms with E-state index in [0.29, 0.717) is 0 Å². The number of aryl methyl sites for hydroxylation is 1. The van der Waals surface area contributed by atoms with Gasteiger partial charge in [-0.3, -0.25) is 14.4 Å². The van der Waals surface area contributed by atoms with Gasteiger partial charge in [0.2, 0.25) is 5.91 Å². The standard InChI is InChI=1S/C16H24N6O/c1-3-14(22-7-4-5-18-22)16(23)21-11-9-20(10-12-21)13-15-17-6-8-19(15)2/h4-8,14H,3,9-13H2,1-2H3. The Morgan fingerprint density at radius 1 is 1.22 bits per heavy atom. The molecule has 2 aromatic rings. The summed E-state index contributed by atoms with van der Waals surface area (Å²) in [6.45, 7) is 6.16. The van der Waals surface area contributed by atoms with E-state index in [4.69, 9.17) is 0 Å². The number of aromatic nitrogens is 4. The van der Waals surface area contributed by atoms with Crippen LogP contribution in [0.15, 0.2) is 30.9 Å². The third-order valence-electron chi connectivity index (χ3n) is 4.49. The van der Waals surface area contributed by atoms with Gasteiger partial charge in [-0.15, -0.1) is 0 Å². The molecular weight excluding hydrogens is 292 g/mol. The highest BCUT2D eigenvalue weighted by atomic mass is 16.2. The Kier molecular flexibility index (Phi) is 4.76. The maximum absolute atomic E-state index is 12.7. The Morgan fingerprint density at radius 2 is 2.00 bits per heavy atom.